The highest BCUT2D eigenvalue weighted by Crippen LogP contribution is 2.15. The van der Waals surface area contributed by atoms with E-state index in [0.717, 1.165) is 26.1 Å². The SMILES string of the molecule is Cc1nc(C(=O)N(C)CC2CCN(C)C2)n[nH]1. The number of hydrogen-bond acceptors (Lipinski definition) is 4. The normalized spacial score (nSPS) is 20.8. The van der Waals surface area contributed by atoms with Crippen molar-refractivity contribution in [2.75, 3.05) is 33.7 Å². The minimum Gasteiger partial charge on any atom is -0.339 e. The summed E-state index contributed by atoms with van der Waals surface area (Å²) in [5.74, 6) is 1.39. The Morgan fingerprint density at radius 1 is 1.65 bits per heavy atom. The zero-order valence-electron chi connectivity index (χ0n) is 10.6. The molecule has 0 aromatic carbocycles. The molecule has 1 aliphatic rings. The third-order valence-corrected chi connectivity index (χ3v) is 3.16. The van der Waals surface area contributed by atoms with Gasteiger partial charge in [0.2, 0.25) is 5.82 Å². The number of aromatic amines is 1. The summed E-state index contributed by atoms with van der Waals surface area (Å²) in [6, 6.07) is 0. The van der Waals surface area contributed by atoms with E-state index in [-0.39, 0.29) is 11.7 Å². The second-order valence-corrected chi connectivity index (χ2v) is 4.85. The Kier molecular flexibility index (Phi) is 3.42. The largest absolute Gasteiger partial charge is 0.339 e. The summed E-state index contributed by atoms with van der Waals surface area (Å²) >= 11 is 0. The Morgan fingerprint density at radius 2 is 2.41 bits per heavy atom. The maximum atomic E-state index is 12.0. The molecule has 0 aliphatic carbocycles. The second-order valence-electron chi connectivity index (χ2n) is 4.85. The molecular formula is C11H19N5O. The molecule has 2 rings (SSSR count). The zero-order valence-corrected chi connectivity index (χ0v) is 10.6. The van der Waals surface area contributed by atoms with Crippen molar-refractivity contribution in [3.8, 4) is 0 Å². The van der Waals surface area contributed by atoms with Crippen molar-refractivity contribution in [3.63, 3.8) is 0 Å². The van der Waals surface area contributed by atoms with Gasteiger partial charge in [-0.15, -0.1) is 5.10 Å². The van der Waals surface area contributed by atoms with E-state index in [1.54, 1.807) is 11.8 Å². The molecule has 1 aromatic rings. The first kappa shape index (κ1) is 12.0. The van der Waals surface area contributed by atoms with Crippen molar-refractivity contribution in [3.05, 3.63) is 11.6 Å². The van der Waals surface area contributed by atoms with Crippen LogP contribution in [0, 0.1) is 12.8 Å². The quantitative estimate of drug-likeness (QED) is 0.812. The summed E-state index contributed by atoms with van der Waals surface area (Å²) < 4.78 is 0. The number of amides is 1. The fraction of sp³-hybridized carbons (Fsp3) is 0.727. The lowest BCUT2D eigenvalue weighted by atomic mass is 10.1. The Labute approximate surface area is 101 Å². The predicted octanol–water partition coefficient (Wildman–Crippen LogP) is 0.137. The summed E-state index contributed by atoms with van der Waals surface area (Å²) in [6.07, 6.45) is 1.15. The van der Waals surface area contributed by atoms with Crippen molar-refractivity contribution in [1.29, 1.82) is 0 Å². The number of likely N-dealkylation sites (tertiary alicyclic amines) is 1. The van der Waals surface area contributed by atoms with Crippen LogP contribution in [0.1, 0.15) is 22.9 Å². The van der Waals surface area contributed by atoms with Gasteiger partial charge in [-0.1, -0.05) is 0 Å². The highest BCUT2D eigenvalue weighted by atomic mass is 16.2. The highest BCUT2D eigenvalue weighted by molar-refractivity contribution is 5.90. The first-order valence-corrected chi connectivity index (χ1v) is 5.89. The summed E-state index contributed by atoms with van der Waals surface area (Å²) in [5.41, 5.74) is 0. The molecule has 17 heavy (non-hydrogen) atoms. The number of carbonyl (C=O) groups excluding carboxylic acids is 1. The van der Waals surface area contributed by atoms with E-state index >= 15 is 0 Å². The van der Waals surface area contributed by atoms with Crippen LogP contribution in [0.25, 0.3) is 0 Å². The molecule has 6 heteroatoms. The number of carbonyl (C=O) groups is 1. The van der Waals surface area contributed by atoms with E-state index in [0.29, 0.717) is 11.7 Å². The number of nitrogens with zero attached hydrogens (tertiary/aromatic N) is 4. The fourth-order valence-corrected chi connectivity index (χ4v) is 2.25. The van der Waals surface area contributed by atoms with E-state index in [1.165, 1.54) is 0 Å². The summed E-state index contributed by atoms with van der Waals surface area (Å²) in [6.45, 7) is 4.74. The third-order valence-electron chi connectivity index (χ3n) is 3.16. The first-order valence-electron chi connectivity index (χ1n) is 5.89. The topological polar surface area (TPSA) is 65.1 Å². The highest BCUT2D eigenvalue weighted by Gasteiger charge is 2.24. The van der Waals surface area contributed by atoms with Gasteiger partial charge in [0, 0.05) is 20.1 Å². The monoisotopic (exact) mass is 237 g/mol. The van der Waals surface area contributed by atoms with Crippen LogP contribution in [0.2, 0.25) is 0 Å². The lowest BCUT2D eigenvalue weighted by molar-refractivity contribution is 0.0762. The maximum Gasteiger partial charge on any atom is 0.293 e. The van der Waals surface area contributed by atoms with Crippen molar-refractivity contribution < 1.29 is 4.79 Å². The Hall–Kier alpha value is -1.43. The number of H-pyrrole nitrogens is 1. The Balaban J connectivity index is 1.91. The van der Waals surface area contributed by atoms with E-state index in [9.17, 15) is 4.79 Å². The van der Waals surface area contributed by atoms with Crippen LogP contribution in [0.4, 0.5) is 0 Å². The fourth-order valence-electron chi connectivity index (χ4n) is 2.25. The van der Waals surface area contributed by atoms with Crippen molar-refractivity contribution >= 4 is 5.91 Å². The summed E-state index contributed by atoms with van der Waals surface area (Å²) in [4.78, 5) is 20.1. The Bertz CT molecular complexity index is 402. The maximum absolute atomic E-state index is 12.0. The average molecular weight is 237 g/mol. The molecule has 2 heterocycles. The number of nitrogens with one attached hydrogen (secondary N) is 1. The molecule has 1 N–H and O–H groups in total. The van der Waals surface area contributed by atoms with E-state index in [4.69, 9.17) is 0 Å². The van der Waals surface area contributed by atoms with Crippen LogP contribution in [0.5, 0.6) is 0 Å². The van der Waals surface area contributed by atoms with E-state index < -0.39 is 0 Å². The second kappa shape index (κ2) is 4.83. The van der Waals surface area contributed by atoms with Crippen molar-refractivity contribution in [2.24, 2.45) is 5.92 Å². The molecule has 1 atom stereocenters. The minimum absolute atomic E-state index is 0.107. The van der Waals surface area contributed by atoms with E-state index in [1.807, 2.05) is 7.05 Å². The van der Waals surface area contributed by atoms with Gasteiger partial charge in [0.1, 0.15) is 5.82 Å². The van der Waals surface area contributed by atoms with Crippen LogP contribution < -0.4 is 0 Å². The molecule has 94 valence electrons. The Morgan fingerprint density at radius 3 is 2.94 bits per heavy atom. The van der Waals surface area contributed by atoms with Gasteiger partial charge in [-0.25, -0.2) is 4.98 Å². The van der Waals surface area contributed by atoms with Gasteiger partial charge in [-0.2, -0.15) is 0 Å². The van der Waals surface area contributed by atoms with Gasteiger partial charge in [0.05, 0.1) is 0 Å². The number of aryl methyl sites for hydroxylation is 1. The van der Waals surface area contributed by atoms with Crippen LogP contribution in [-0.2, 0) is 0 Å². The van der Waals surface area contributed by atoms with Gasteiger partial charge in [0.25, 0.3) is 5.91 Å². The molecule has 1 aromatic heterocycles. The summed E-state index contributed by atoms with van der Waals surface area (Å²) in [7, 11) is 3.92. The minimum atomic E-state index is -0.107. The summed E-state index contributed by atoms with van der Waals surface area (Å²) in [5, 5.41) is 6.58. The van der Waals surface area contributed by atoms with Crippen LogP contribution in [0.15, 0.2) is 0 Å². The standard InChI is InChI=1S/C11H19N5O/c1-8-12-10(14-13-8)11(17)16(3)7-9-4-5-15(2)6-9/h9H,4-7H2,1-3H3,(H,12,13,14). The lowest BCUT2D eigenvalue weighted by Gasteiger charge is -2.19. The van der Waals surface area contributed by atoms with Gasteiger partial charge in [0.15, 0.2) is 0 Å². The van der Waals surface area contributed by atoms with Gasteiger partial charge < -0.3 is 9.80 Å². The van der Waals surface area contributed by atoms with E-state index in [2.05, 4.69) is 27.1 Å². The molecule has 0 radical (unpaired) electrons. The zero-order chi connectivity index (χ0) is 12.4. The number of hydrogen-bond donors (Lipinski definition) is 1. The average Bonchev–Trinajstić information content (AvgIpc) is 2.87. The molecule has 1 fully saturated rings. The smallest absolute Gasteiger partial charge is 0.293 e. The number of rotatable bonds is 3. The molecule has 1 unspecified atom stereocenters. The van der Waals surface area contributed by atoms with Crippen LogP contribution in [0.3, 0.4) is 0 Å². The van der Waals surface area contributed by atoms with Crippen LogP contribution >= 0.6 is 0 Å². The molecule has 6 nitrogen and oxygen atoms in total. The molecular weight excluding hydrogens is 218 g/mol. The number of aromatic nitrogens is 3. The van der Waals surface area contributed by atoms with Crippen LogP contribution in [-0.4, -0.2) is 64.6 Å². The first-order chi connectivity index (χ1) is 8.06. The third kappa shape index (κ3) is 2.82. The van der Waals surface area contributed by atoms with Crippen molar-refractivity contribution in [1.82, 2.24) is 25.0 Å². The van der Waals surface area contributed by atoms with Gasteiger partial charge in [-0.05, 0) is 32.9 Å². The van der Waals surface area contributed by atoms with Gasteiger partial charge in [-0.3, -0.25) is 9.89 Å². The van der Waals surface area contributed by atoms with Gasteiger partial charge >= 0.3 is 0 Å². The molecule has 1 aliphatic heterocycles. The molecule has 1 saturated heterocycles. The molecule has 0 saturated carbocycles. The predicted molar refractivity (Wildman–Crippen MR) is 63.7 cm³/mol. The molecule has 1 amide bonds. The molecule has 0 bridgehead atoms. The molecule has 0 spiro atoms. The van der Waals surface area contributed by atoms with Crippen molar-refractivity contribution in [2.45, 2.75) is 13.3 Å². The lowest BCUT2D eigenvalue weighted by Crippen LogP contribution is -2.33.